The number of hydrogen-bond acceptors (Lipinski definition) is 5. The van der Waals surface area contributed by atoms with E-state index in [1.165, 1.54) is 18.3 Å². The quantitative estimate of drug-likeness (QED) is 0.767. The lowest BCUT2D eigenvalue weighted by Gasteiger charge is -2.16. The fourth-order valence-corrected chi connectivity index (χ4v) is 5.05. The Bertz CT molecular complexity index is 533. The molecule has 0 saturated carbocycles. The second-order valence-electron chi connectivity index (χ2n) is 3.93. The van der Waals surface area contributed by atoms with Crippen molar-refractivity contribution in [1.82, 2.24) is 0 Å². The molecule has 0 radical (unpaired) electrons. The lowest BCUT2D eigenvalue weighted by molar-refractivity contribution is -0.115. The van der Waals surface area contributed by atoms with Gasteiger partial charge in [-0.05, 0) is 24.5 Å². The van der Waals surface area contributed by atoms with Crippen LogP contribution >= 0.6 is 23.1 Å². The Morgan fingerprint density at radius 2 is 1.95 bits per heavy atom. The summed E-state index contributed by atoms with van der Waals surface area (Å²) in [4.78, 5) is 9.22. The summed E-state index contributed by atoms with van der Waals surface area (Å²) in [5.74, 6) is -0.333. The van der Waals surface area contributed by atoms with Crippen LogP contribution in [0.3, 0.4) is 0 Å². The van der Waals surface area contributed by atoms with Crippen LogP contribution in [0.5, 0.6) is 0 Å². The Kier molecular flexibility index (Phi) is 8.41. The summed E-state index contributed by atoms with van der Waals surface area (Å²) in [5, 5.41) is 0.537. The number of fused-ring (bicyclic) bond motifs is 1. The molecule has 1 atom stereocenters. The summed E-state index contributed by atoms with van der Waals surface area (Å²) in [6, 6.07) is 1.59. The van der Waals surface area contributed by atoms with Gasteiger partial charge in [-0.1, -0.05) is 20.8 Å². The lowest BCUT2D eigenvalue weighted by Crippen LogP contribution is -2.03. The molecule has 2 rings (SSSR count). The van der Waals surface area contributed by atoms with Crippen LogP contribution in [-0.2, 0) is 21.3 Å². The van der Waals surface area contributed by atoms with Crippen molar-refractivity contribution in [3.8, 4) is 0 Å². The van der Waals surface area contributed by atoms with Gasteiger partial charge in [0, 0.05) is 12.2 Å². The van der Waals surface area contributed by atoms with Crippen molar-refractivity contribution in [2.45, 2.75) is 54.2 Å². The van der Waals surface area contributed by atoms with Gasteiger partial charge < -0.3 is 5.73 Å². The summed E-state index contributed by atoms with van der Waals surface area (Å²) in [6.45, 7) is 7.43. The normalized spacial score (nSPS) is 16.9. The first kappa shape index (κ1) is 19.4. The van der Waals surface area contributed by atoms with E-state index in [-0.39, 0.29) is 10.1 Å². The molecule has 0 spiro atoms. The van der Waals surface area contributed by atoms with Gasteiger partial charge in [0.2, 0.25) is 5.91 Å². The molecule has 3 N–H and O–H groups in total. The maximum Gasteiger partial charge on any atom is 0.304 e. The molecule has 1 aromatic heterocycles. The van der Waals surface area contributed by atoms with Crippen LogP contribution in [0.1, 0.15) is 39.7 Å². The average molecular weight is 340 g/mol. The molecule has 0 aliphatic carbocycles. The maximum atomic E-state index is 10.9. The van der Waals surface area contributed by atoms with Gasteiger partial charge in [-0.15, -0.1) is 23.1 Å². The van der Waals surface area contributed by atoms with Crippen molar-refractivity contribution in [3.63, 3.8) is 0 Å². The van der Waals surface area contributed by atoms with E-state index in [1.54, 1.807) is 17.8 Å². The third kappa shape index (κ3) is 6.74. The van der Waals surface area contributed by atoms with E-state index in [2.05, 4.69) is 12.7 Å². The fraction of sp³-hybridized carbons (Fsp3) is 0.583. The van der Waals surface area contributed by atoms with E-state index in [0.717, 1.165) is 22.6 Å². The van der Waals surface area contributed by atoms with Gasteiger partial charge in [0.1, 0.15) is 4.21 Å². The molecular formula is C12H21NO4S3. The number of carbonyl (C=O) groups excluding carboxylic acids is 1. The molecule has 0 fully saturated rings. The molecule has 8 heteroatoms. The van der Waals surface area contributed by atoms with E-state index in [0.29, 0.717) is 5.25 Å². The molecular weight excluding hydrogens is 318 g/mol. The molecule has 0 bridgehead atoms. The SMILES string of the molecule is CC.CC(N)=O.CC1CCc2cc(S(=O)(=O)O)sc2S1. The first-order valence-corrected chi connectivity index (χ1v) is 9.36. The monoisotopic (exact) mass is 339 g/mol. The van der Waals surface area contributed by atoms with Crippen molar-refractivity contribution in [1.29, 1.82) is 0 Å². The molecule has 1 aliphatic heterocycles. The van der Waals surface area contributed by atoms with Crippen LogP contribution in [0.2, 0.25) is 0 Å². The van der Waals surface area contributed by atoms with E-state index >= 15 is 0 Å². The van der Waals surface area contributed by atoms with Gasteiger partial charge in [0.25, 0.3) is 0 Å². The molecule has 116 valence electrons. The molecule has 20 heavy (non-hydrogen) atoms. The Morgan fingerprint density at radius 1 is 1.45 bits per heavy atom. The van der Waals surface area contributed by atoms with Crippen LogP contribution in [0, 0.1) is 0 Å². The number of carbonyl (C=O) groups is 1. The lowest BCUT2D eigenvalue weighted by atomic mass is 10.1. The summed E-state index contributed by atoms with van der Waals surface area (Å²) in [5.41, 5.74) is 5.53. The van der Waals surface area contributed by atoms with Crippen molar-refractivity contribution >= 4 is 39.1 Å². The van der Waals surface area contributed by atoms with Crippen LogP contribution in [0.4, 0.5) is 0 Å². The number of thioether (sulfide) groups is 1. The highest BCUT2D eigenvalue weighted by molar-refractivity contribution is 8.02. The molecule has 1 amide bonds. The van der Waals surface area contributed by atoms with E-state index in [1.807, 2.05) is 13.8 Å². The van der Waals surface area contributed by atoms with Crippen LogP contribution in [0.25, 0.3) is 0 Å². The van der Waals surface area contributed by atoms with Gasteiger partial charge in [-0.3, -0.25) is 9.35 Å². The minimum Gasteiger partial charge on any atom is -0.370 e. The molecule has 5 nitrogen and oxygen atoms in total. The zero-order chi connectivity index (χ0) is 15.9. The highest BCUT2D eigenvalue weighted by Crippen LogP contribution is 2.41. The largest absolute Gasteiger partial charge is 0.370 e. The summed E-state index contributed by atoms with van der Waals surface area (Å²) in [7, 11) is -4.01. The minimum atomic E-state index is -4.01. The number of thiophene rings is 1. The Hall–Kier alpha value is -0.570. The van der Waals surface area contributed by atoms with Gasteiger partial charge in [0.15, 0.2) is 0 Å². The van der Waals surface area contributed by atoms with Crippen molar-refractivity contribution in [2.24, 2.45) is 5.73 Å². The standard InChI is InChI=1S/C8H10O3S3.C2H5NO.C2H6/c1-5-2-3-6-4-7(14(9,10)11)13-8(6)12-5;1-2(3)4;1-2/h4-5H,2-3H2,1H3,(H,9,10,11);1H3,(H2,3,4);1-2H3. The summed E-state index contributed by atoms with van der Waals surface area (Å²) < 4.78 is 31.8. The predicted octanol–water partition coefficient (Wildman–Crippen LogP) is 2.94. The van der Waals surface area contributed by atoms with Gasteiger partial charge in [-0.2, -0.15) is 8.42 Å². The van der Waals surface area contributed by atoms with Crippen LogP contribution in [0.15, 0.2) is 14.5 Å². The zero-order valence-corrected chi connectivity index (χ0v) is 14.5. The number of nitrogens with two attached hydrogens (primary N) is 1. The first-order chi connectivity index (χ1) is 9.20. The van der Waals surface area contributed by atoms with Crippen molar-refractivity contribution in [2.75, 3.05) is 0 Å². The Labute approximate surface area is 128 Å². The molecule has 1 aromatic rings. The van der Waals surface area contributed by atoms with Crippen LogP contribution < -0.4 is 5.73 Å². The molecule has 0 aromatic carbocycles. The second-order valence-corrected chi connectivity index (χ2v) is 8.34. The molecule has 1 unspecified atom stereocenters. The minimum absolute atomic E-state index is 0.0732. The number of primary amides is 1. The third-order valence-corrected chi connectivity index (χ3v) is 6.06. The molecule has 2 heterocycles. The molecule has 0 saturated heterocycles. The van der Waals surface area contributed by atoms with Crippen molar-refractivity contribution in [3.05, 3.63) is 11.6 Å². The number of aryl methyl sites for hydroxylation is 1. The third-order valence-electron chi connectivity index (χ3n) is 2.13. The first-order valence-electron chi connectivity index (χ1n) is 6.23. The second kappa shape index (κ2) is 8.66. The highest BCUT2D eigenvalue weighted by Gasteiger charge is 2.22. The highest BCUT2D eigenvalue weighted by atomic mass is 32.3. The van der Waals surface area contributed by atoms with Crippen molar-refractivity contribution < 1.29 is 17.8 Å². The van der Waals surface area contributed by atoms with E-state index in [4.69, 9.17) is 4.55 Å². The zero-order valence-electron chi connectivity index (χ0n) is 12.0. The molecule has 1 aliphatic rings. The van der Waals surface area contributed by atoms with Gasteiger partial charge in [-0.25, -0.2) is 0 Å². The van der Waals surface area contributed by atoms with Gasteiger partial charge in [0.05, 0.1) is 4.21 Å². The summed E-state index contributed by atoms with van der Waals surface area (Å²) >= 11 is 2.86. The van der Waals surface area contributed by atoms with Crippen LogP contribution in [-0.4, -0.2) is 24.1 Å². The number of rotatable bonds is 1. The average Bonchev–Trinajstić information content (AvgIpc) is 2.73. The Balaban J connectivity index is 0.000000521. The number of amides is 1. The summed E-state index contributed by atoms with van der Waals surface area (Å²) in [6.07, 6.45) is 1.98. The van der Waals surface area contributed by atoms with E-state index < -0.39 is 10.1 Å². The topological polar surface area (TPSA) is 97.5 Å². The van der Waals surface area contributed by atoms with Gasteiger partial charge >= 0.3 is 10.1 Å². The Morgan fingerprint density at radius 3 is 2.40 bits per heavy atom. The maximum absolute atomic E-state index is 10.9. The smallest absolute Gasteiger partial charge is 0.304 e. The fourth-order valence-electron chi connectivity index (χ4n) is 1.39. The van der Waals surface area contributed by atoms with E-state index in [9.17, 15) is 13.2 Å². The predicted molar refractivity (Wildman–Crippen MR) is 84.0 cm³/mol. The number of hydrogen-bond donors (Lipinski definition) is 2.